The minimum atomic E-state index is -4.60. The normalized spacial score (nSPS) is 12.3. The predicted octanol–water partition coefficient (Wildman–Crippen LogP) is 4.07. The molecule has 0 unspecified atom stereocenters. The van der Waals surface area contributed by atoms with Crippen molar-refractivity contribution in [2.24, 2.45) is 11.6 Å². The summed E-state index contributed by atoms with van der Waals surface area (Å²) in [6.07, 6.45) is -1.47. The fourth-order valence-electron chi connectivity index (χ4n) is 2.81. The summed E-state index contributed by atoms with van der Waals surface area (Å²) >= 11 is 6.31. The van der Waals surface area contributed by atoms with Crippen LogP contribution in [0.5, 0.6) is 0 Å². The van der Waals surface area contributed by atoms with Gasteiger partial charge in [0.05, 0.1) is 28.4 Å². The van der Waals surface area contributed by atoms with Gasteiger partial charge in [-0.2, -0.15) is 13.2 Å². The first-order chi connectivity index (χ1) is 13.6. The molecule has 1 aromatic heterocycles. The fraction of sp³-hybridized carbons (Fsp3) is 0.105. The molecule has 6 N–H and O–H groups in total. The molecule has 0 atom stereocenters. The van der Waals surface area contributed by atoms with Gasteiger partial charge in [0.15, 0.2) is 5.69 Å². The quantitative estimate of drug-likeness (QED) is 0.334. The van der Waals surface area contributed by atoms with Crippen LogP contribution in [0.3, 0.4) is 0 Å². The van der Waals surface area contributed by atoms with Crippen molar-refractivity contribution in [1.82, 2.24) is 9.55 Å². The third kappa shape index (κ3) is 4.15. The molecule has 29 heavy (non-hydrogen) atoms. The molecule has 0 aliphatic carbocycles. The first-order valence-electron chi connectivity index (χ1n) is 8.36. The Morgan fingerprint density at radius 2 is 1.86 bits per heavy atom. The Hall–Kier alpha value is -3.17. The van der Waals surface area contributed by atoms with Crippen LogP contribution in [0.1, 0.15) is 16.8 Å². The number of anilines is 2. The third-order valence-electron chi connectivity index (χ3n) is 4.22. The van der Waals surface area contributed by atoms with E-state index in [1.165, 1.54) is 23.3 Å². The summed E-state index contributed by atoms with van der Waals surface area (Å²) in [7, 11) is 0. The molecule has 0 bridgehead atoms. The number of halogens is 4. The van der Waals surface area contributed by atoms with Gasteiger partial charge in [0, 0.05) is 23.6 Å². The van der Waals surface area contributed by atoms with Crippen LogP contribution in [-0.2, 0) is 6.18 Å². The van der Waals surface area contributed by atoms with E-state index in [2.05, 4.69) is 4.98 Å². The molecule has 0 amide bonds. The number of hydrogen-bond acceptors (Lipinski definition) is 5. The van der Waals surface area contributed by atoms with Crippen LogP contribution in [-0.4, -0.2) is 9.55 Å². The number of rotatable bonds is 4. The van der Waals surface area contributed by atoms with E-state index >= 15 is 0 Å². The van der Waals surface area contributed by atoms with Crippen molar-refractivity contribution < 1.29 is 13.2 Å². The second-order valence-corrected chi connectivity index (χ2v) is 6.73. The van der Waals surface area contributed by atoms with Crippen molar-refractivity contribution >= 4 is 28.7 Å². The second-order valence-electron chi connectivity index (χ2n) is 6.32. The van der Waals surface area contributed by atoms with E-state index < -0.39 is 11.9 Å². The molecule has 0 saturated heterocycles. The number of hydrazine groups is 1. The molecule has 3 rings (SSSR count). The van der Waals surface area contributed by atoms with Gasteiger partial charge < -0.3 is 16.0 Å². The Balaban J connectivity index is 2.14. The van der Waals surface area contributed by atoms with Gasteiger partial charge in [-0.3, -0.25) is 5.01 Å². The Labute approximate surface area is 170 Å². The highest BCUT2D eigenvalue weighted by molar-refractivity contribution is 6.33. The zero-order chi connectivity index (χ0) is 21.3. The molecule has 10 heteroatoms. The van der Waals surface area contributed by atoms with Gasteiger partial charge in [0.2, 0.25) is 0 Å². The minimum Gasteiger partial charge on any atom is -0.403 e. The van der Waals surface area contributed by atoms with Gasteiger partial charge in [-0.15, -0.1) is 0 Å². The zero-order valence-electron chi connectivity index (χ0n) is 15.3. The standard InChI is InChI=1S/C19H18ClF3N6/c1-11-2-4-12(5-3-11)16(8-24)29(26)15-7-13(25)6-14(20)18(15)28-9-17(27-10-28)19(21,22)23/h2-10H,24-26H2,1H3/b16-8-. The Kier molecular flexibility index (Phi) is 5.45. The Bertz CT molecular complexity index is 1060. The maximum absolute atomic E-state index is 13.0. The monoisotopic (exact) mass is 422 g/mol. The Morgan fingerprint density at radius 1 is 1.21 bits per heavy atom. The van der Waals surface area contributed by atoms with Crippen LogP contribution in [0.25, 0.3) is 11.4 Å². The summed E-state index contributed by atoms with van der Waals surface area (Å²) in [5.41, 5.74) is 13.5. The topological polar surface area (TPSA) is 99.1 Å². The molecule has 0 fully saturated rings. The molecule has 0 saturated carbocycles. The summed E-state index contributed by atoms with van der Waals surface area (Å²) in [4.78, 5) is 3.41. The zero-order valence-corrected chi connectivity index (χ0v) is 16.0. The van der Waals surface area contributed by atoms with Crippen LogP contribution >= 0.6 is 11.6 Å². The van der Waals surface area contributed by atoms with Gasteiger partial charge in [-0.05, 0) is 19.1 Å². The van der Waals surface area contributed by atoms with Gasteiger partial charge in [-0.1, -0.05) is 41.4 Å². The minimum absolute atomic E-state index is 0.0989. The number of alkyl halides is 3. The average Bonchev–Trinajstić information content (AvgIpc) is 3.13. The molecule has 0 aliphatic rings. The van der Waals surface area contributed by atoms with Crippen molar-refractivity contribution in [3.05, 3.63) is 77.0 Å². The summed E-state index contributed by atoms with van der Waals surface area (Å²) in [5.74, 6) is 6.30. The number of imidazole rings is 1. The lowest BCUT2D eigenvalue weighted by Gasteiger charge is -2.26. The number of hydrogen-bond donors (Lipinski definition) is 3. The molecule has 1 heterocycles. The number of aromatic nitrogens is 2. The molecule has 0 spiro atoms. The SMILES string of the molecule is Cc1ccc(/C(=C/N)N(N)c2cc(N)cc(Cl)c2-n2cnc(C(F)(F)F)c2)cc1. The summed E-state index contributed by atoms with van der Waals surface area (Å²) in [6.45, 7) is 1.93. The highest BCUT2D eigenvalue weighted by atomic mass is 35.5. The van der Waals surface area contributed by atoms with Crippen molar-refractivity contribution in [1.29, 1.82) is 0 Å². The van der Waals surface area contributed by atoms with E-state index in [1.54, 1.807) is 0 Å². The lowest BCUT2D eigenvalue weighted by atomic mass is 10.1. The van der Waals surface area contributed by atoms with Crippen LogP contribution in [0, 0.1) is 6.92 Å². The van der Waals surface area contributed by atoms with Crippen molar-refractivity contribution in [3.8, 4) is 5.69 Å². The van der Waals surface area contributed by atoms with Gasteiger partial charge in [-0.25, -0.2) is 10.8 Å². The lowest BCUT2D eigenvalue weighted by Crippen LogP contribution is -2.31. The largest absolute Gasteiger partial charge is 0.434 e. The average molecular weight is 423 g/mol. The molecule has 0 radical (unpaired) electrons. The van der Waals surface area contributed by atoms with E-state index in [-0.39, 0.29) is 22.1 Å². The van der Waals surface area contributed by atoms with Gasteiger partial charge in [0.25, 0.3) is 0 Å². The molecular weight excluding hydrogens is 405 g/mol. The molecular formula is C19H18ClF3N6. The number of nitrogens with zero attached hydrogens (tertiary/aromatic N) is 3. The van der Waals surface area contributed by atoms with Crippen molar-refractivity contribution in [2.75, 3.05) is 10.7 Å². The van der Waals surface area contributed by atoms with E-state index in [0.29, 0.717) is 11.3 Å². The third-order valence-corrected chi connectivity index (χ3v) is 4.51. The summed E-state index contributed by atoms with van der Waals surface area (Å²) in [5, 5.41) is 1.32. The van der Waals surface area contributed by atoms with E-state index in [0.717, 1.165) is 22.7 Å². The van der Waals surface area contributed by atoms with Crippen LogP contribution in [0.2, 0.25) is 5.02 Å². The molecule has 2 aromatic carbocycles. The van der Waals surface area contributed by atoms with Gasteiger partial charge in [0.1, 0.15) is 0 Å². The van der Waals surface area contributed by atoms with E-state index in [4.69, 9.17) is 28.9 Å². The Morgan fingerprint density at radius 3 is 2.41 bits per heavy atom. The number of nitrogen functional groups attached to an aromatic ring is 1. The maximum Gasteiger partial charge on any atom is 0.434 e. The summed E-state index contributed by atoms with van der Waals surface area (Å²) < 4.78 is 40.1. The lowest BCUT2D eigenvalue weighted by molar-refractivity contribution is -0.140. The predicted molar refractivity (Wildman–Crippen MR) is 108 cm³/mol. The molecule has 152 valence electrons. The van der Waals surface area contributed by atoms with Crippen LogP contribution in [0.15, 0.2) is 55.1 Å². The van der Waals surface area contributed by atoms with Crippen molar-refractivity contribution in [2.45, 2.75) is 13.1 Å². The number of benzene rings is 2. The van der Waals surface area contributed by atoms with Crippen LogP contribution in [0.4, 0.5) is 24.5 Å². The summed E-state index contributed by atoms with van der Waals surface area (Å²) in [6, 6.07) is 10.3. The molecule has 3 aromatic rings. The number of nitrogens with two attached hydrogens (primary N) is 3. The van der Waals surface area contributed by atoms with Crippen LogP contribution < -0.4 is 22.3 Å². The van der Waals surface area contributed by atoms with Gasteiger partial charge >= 0.3 is 6.18 Å². The van der Waals surface area contributed by atoms with E-state index in [1.807, 2.05) is 31.2 Å². The second kappa shape index (κ2) is 7.69. The molecule has 0 aliphatic heterocycles. The van der Waals surface area contributed by atoms with E-state index in [9.17, 15) is 13.2 Å². The first kappa shape index (κ1) is 20.6. The molecule has 6 nitrogen and oxygen atoms in total. The highest BCUT2D eigenvalue weighted by Crippen LogP contribution is 2.37. The van der Waals surface area contributed by atoms with Crippen molar-refractivity contribution in [3.63, 3.8) is 0 Å². The number of aryl methyl sites for hydroxylation is 1. The first-order valence-corrected chi connectivity index (χ1v) is 8.74. The highest BCUT2D eigenvalue weighted by Gasteiger charge is 2.34. The maximum atomic E-state index is 13.0. The smallest absolute Gasteiger partial charge is 0.403 e. The fourth-order valence-corrected chi connectivity index (χ4v) is 3.13.